The summed E-state index contributed by atoms with van der Waals surface area (Å²) in [5.41, 5.74) is 9.10. The summed E-state index contributed by atoms with van der Waals surface area (Å²) >= 11 is 5.91. The minimum Gasteiger partial charge on any atom is -0.327 e. The van der Waals surface area contributed by atoms with Gasteiger partial charge in [-0.15, -0.1) is 12.4 Å². The molecule has 2 aromatic carbocycles. The second kappa shape index (κ2) is 8.05. The van der Waals surface area contributed by atoms with Crippen molar-refractivity contribution in [1.82, 2.24) is 0 Å². The van der Waals surface area contributed by atoms with E-state index in [1.807, 2.05) is 55.5 Å². The third-order valence-electron chi connectivity index (χ3n) is 3.45. The zero-order chi connectivity index (χ0) is 14.5. The molecule has 0 unspecified atom stereocenters. The molecule has 4 heteroatoms. The Kier molecular flexibility index (Phi) is 6.71. The number of rotatable bonds is 4. The fourth-order valence-corrected chi connectivity index (χ4v) is 2.45. The van der Waals surface area contributed by atoms with E-state index in [1.54, 1.807) is 0 Å². The number of nitrogens with two attached hydrogens (primary N) is 1. The Morgan fingerprint density at radius 1 is 1.19 bits per heavy atom. The van der Waals surface area contributed by atoms with Crippen LogP contribution in [0.15, 0.2) is 48.5 Å². The summed E-state index contributed by atoms with van der Waals surface area (Å²) in [6.07, 6.45) is 0.837. The number of benzene rings is 2. The van der Waals surface area contributed by atoms with Crippen molar-refractivity contribution >= 4 is 24.0 Å². The van der Waals surface area contributed by atoms with Gasteiger partial charge in [-0.25, -0.2) is 0 Å². The minimum atomic E-state index is 0. The van der Waals surface area contributed by atoms with E-state index in [2.05, 4.69) is 6.07 Å². The van der Waals surface area contributed by atoms with E-state index in [4.69, 9.17) is 22.6 Å². The van der Waals surface area contributed by atoms with Crippen LogP contribution in [0.25, 0.3) is 0 Å². The van der Waals surface area contributed by atoms with Crippen LogP contribution in [-0.2, 0) is 6.42 Å². The molecule has 2 rings (SSSR count). The predicted molar refractivity (Wildman–Crippen MR) is 90.0 cm³/mol. The third kappa shape index (κ3) is 4.75. The van der Waals surface area contributed by atoms with Crippen molar-refractivity contribution in [3.63, 3.8) is 0 Å². The van der Waals surface area contributed by atoms with Crippen LogP contribution >= 0.6 is 24.0 Å². The molecule has 2 N–H and O–H groups in total. The molecule has 0 aliphatic heterocycles. The summed E-state index contributed by atoms with van der Waals surface area (Å²) in [6.45, 7) is 2.00. The highest BCUT2D eigenvalue weighted by molar-refractivity contribution is 6.30. The average molecular weight is 321 g/mol. The fourth-order valence-electron chi connectivity index (χ4n) is 2.32. The molecule has 0 radical (unpaired) electrons. The highest BCUT2D eigenvalue weighted by Crippen LogP contribution is 2.25. The molecule has 2 aromatic rings. The molecule has 0 fully saturated rings. The standard InChI is InChI=1S/C17H17ClN2.ClH/c1-12(20)17(10-13-5-7-16(18)8-6-13)15-4-2-3-14(9-15)11-19;/h2-9,12,17H,10,20H2,1H3;1H/t12-,17+;/m1./s1. The first-order valence-electron chi connectivity index (χ1n) is 6.60. The molecule has 2 nitrogen and oxygen atoms in total. The van der Waals surface area contributed by atoms with Gasteiger partial charge in [0, 0.05) is 17.0 Å². The van der Waals surface area contributed by atoms with Crippen molar-refractivity contribution in [3.05, 3.63) is 70.2 Å². The lowest BCUT2D eigenvalue weighted by Gasteiger charge is -2.21. The molecule has 0 aliphatic carbocycles. The highest BCUT2D eigenvalue weighted by Gasteiger charge is 2.17. The maximum Gasteiger partial charge on any atom is 0.0991 e. The van der Waals surface area contributed by atoms with E-state index >= 15 is 0 Å². The molecule has 110 valence electrons. The van der Waals surface area contributed by atoms with Gasteiger partial charge in [0.15, 0.2) is 0 Å². The van der Waals surface area contributed by atoms with Crippen LogP contribution in [0.4, 0.5) is 0 Å². The molecule has 0 saturated heterocycles. The van der Waals surface area contributed by atoms with Gasteiger partial charge in [0.25, 0.3) is 0 Å². The first kappa shape index (κ1) is 17.5. The van der Waals surface area contributed by atoms with E-state index in [1.165, 1.54) is 5.56 Å². The van der Waals surface area contributed by atoms with Gasteiger partial charge >= 0.3 is 0 Å². The van der Waals surface area contributed by atoms with Crippen LogP contribution in [0, 0.1) is 11.3 Å². The van der Waals surface area contributed by atoms with Gasteiger partial charge in [-0.05, 0) is 48.7 Å². The van der Waals surface area contributed by atoms with Crippen LogP contribution in [0.2, 0.25) is 5.02 Å². The van der Waals surface area contributed by atoms with Crippen LogP contribution in [0.3, 0.4) is 0 Å². The second-order valence-electron chi connectivity index (χ2n) is 5.03. The van der Waals surface area contributed by atoms with Gasteiger partial charge in [-0.3, -0.25) is 0 Å². The molecular formula is C17H18Cl2N2. The maximum atomic E-state index is 9.01. The summed E-state index contributed by atoms with van der Waals surface area (Å²) in [5, 5.41) is 9.74. The van der Waals surface area contributed by atoms with E-state index < -0.39 is 0 Å². The van der Waals surface area contributed by atoms with Gasteiger partial charge in [-0.1, -0.05) is 35.9 Å². The van der Waals surface area contributed by atoms with E-state index in [0.717, 1.165) is 17.0 Å². The van der Waals surface area contributed by atoms with Crippen LogP contribution in [0.1, 0.15) is 29.5 Å². The molecule has 0 saturated carbocycles. The molecule has 2 atom stereocenters. The predicted octanol–water partition coefficient (Wildman–Crippen LogP) is 4.31. The lowest BCUT2D eigenvalue weighted by Crippen LogP contribution is -2.26. The summed E-state index contributed by atoms with van der Waals surface area (Å²) < 4.78 is 0. The van der Waals surface area contributed by atoms with Crippen LogP contribution in [-0.4, -0.2) is 6.04 Å². The number of hydrogen-bond donors (Lipinski definition) is 1. The monoisotopic (exact) mass is 320 g/mol. The zero-order valence-electron chi connectivity index (χ0n) is 11.8. The van der Waals surface area contributed by atoms with Gasteiger partial charge in [-0.2, -0.15) is 5.26 Å². The van der Waals surface area contributed by atoms with Crippen molar-refractivity contribution in [2.75, 3.05) is 0 Å². The Morgan fingerprint density at radius 2 is 1.86 bits per heavy atom. The number of halogens is 2. The molecule has 0 heterocycles. The van der Waals surface area contributed by atoms with Gasteiger partial charge in [0.1, 0.15) is 0 Å². The molecule has 0 aliphatic rings. The van der Waals surface area contributed by atoms with E-state index in [9.17, 15) is 0 Å². The Bertz CT molecular complexity index is 615. The number of nitrogens with zero attached hydrogens (tertiary/aromatic N) is 1. The van der Waals surface area contributed by atoms with Crippen LogP contribution in [0.5, 0.6) is 0 Å². The molecule has 21 heavy (non-hydrogen) atoms. The number of hydrogen-bond acceptors (Lipinski definition) is 2. The zero-order valence-corrected chi connectivity index (χ0v) is 13.4. The lowest BCUT2D eigenvalue weighted by atomic mass is 9.86. The molecular weight excluding hydrogens is 303 g/mol. The molecule has 0 amide bonds. The molecule has 0 aromatic heterocycles. The van der Waals surface area contributed by atoms with E-state index in [-0.39, 0.29) is 24.4 Å². The van der Waals surface area contributed by atoms with E-state index in [0.29, 0.717) is 5.56 Å². The van der Waals surface area contributed by atoms with Crippen molar-refractivity contribution in [3.8, 4) is 6.07 Å². The lowest BCUT2D eigenvalue weighted by molar-refractivity contribution is 0.565. The Morgan fingerprint density at radius 3 is 2.43 bits per heavy atom. The van der Waals surface area contributed by atoms with Gasteiger partial charge in [0.05, 0.1) is 11.6 Å². The van der Waals surface area contributed by atoms with Crippen molar-refractivity contribution in [1.29, 1.82) is 5.26 Å². The van der Waals surface area contributed by atoms with Gasteiger partial charge in [0.2, 0.25) is 0 Å². The summed E-state index contributed by atoms with van der Waals surface area (Å²) in [5.74, 6) is 0.185. The summed E-state index contributed by atoms with van der Waals surface area (Å²) in [6, 6.07) is 17.7. The minimum absolute atomic E-state index is 0. The topological polar surface area (TPSA) is 49.8 Å². The Hall–Kier alpha value is -1.53. The molecule has 0 spiro atoms. The first-order valence-corrected chi connectivity index (χ1v) is 6.98. The van der Waals surface area contributed by atoms with Crippen molar-refractivity contribution in [2.45, 2.75) is 25.3 Å². The second-order valence-corrected chi connectivity index (χ2v) is 5.47. The summed E-state index contributed by atoms with van der Waals surface area (Å²) in [4.78, 5) is 0. The Balaban J connectivity index is 0.00000220. The smallest absolute Gasteiger partial charge is 0.0991 e. The third-order valence-corrected chi connectivity index (χ3v) is 3.70. The van der Waals surface area contributed by atoms with Crippen molar-refractivity contribution in [2.24, 2.45) is 5.73 Å². The Labute approximate surface area is 137 Å². The molecule has 0 bridgehead atoms. The largest absolute Gasteiger partial charge is 0.327 e. The first-order chi connectivity index (χ1) is 9.60. The van der Waals surface area contributed by atoms with Crippen LogP contribution < -0.4 is 5.73 Å². The SMILES string of the molecule is C[C@@H](N)[C@H](Cc1ccc(Cl)cc1)c1cccc(C#N)c1.Cl. The fraction of sp³-hybridized carbons (Fsp3) is 0.235. The highest BCUT2D eigenvalue weighted by atomic mass is 35.5. The average Bonchev–Trinajstić information content (AvgIpc) is 2.46. The maximum absolute atomic E-state index is 9.01. The van der Waals surface area contributed by atoms with Gasteiger partial charge < -0.3 is 5.73 Å². The summed E-state index contributed by atoms with van der Waals surface area (Å²) in [7, 11) is 0. The number of nitriles is 1. The quantitative estimate of drug-likeness (QED) is 0.912. The normalized spacial score (nSPS) is 12.9. The van der Waals surface area contributed by atoms with Crippen molar-refractivity contribution < 1.29 is 0 Å².